The van der Waals surface area contributed by atoms with Crippen LogP contribution in [0.1, 0.15) is 48.7 Å². The first-order valence-electron chi connectivity index (χ1n) is 14.2. The molecule has 14 heteroatoms. The lowest BCUT2D eigenvalue weighted by atomic mass is 9.85. The first-order valence-corrected chi connectivity index (χ1v) is 15.1. The normalized spacial score (nSPS) is 29.2. The van der Waals surface area contributed by atoms with E-state index in [9.17, 15) is 19.1 Å². The standard InChI is InChI=1S/C29H31F4N5O4S/c1-42-28(41)21-19(35-25(26-34-10-12-43-26)36-23(21)17-3-2-4-18(30)22(17)31)13-37-14-29(32,33)24-20(37)9-11-38(24)16-7-5-15(6-8-16)27(39)40/h2-4,10,12,15-16,20,23-24H,5-9,11,13-14H2,1H3,(H,35,36)(H,39,40)/t15-,16-,20-,23-,24+/m0/s1. The average molecular weight is 622 g/mol. The van der Waals surface area contributed by atoms with Gasteiger partial charge in [-0.3, -0.25) is 19.6 Å². The number of ether oxygens (including phenoxy) is 1. The van der Waals surface area contributed by atoms with Gasteiger partial charge in [-0.25, -0.2) is 27.3 Å². The number of carboxylic acid groups (broad SMARTS) is 1. The van der Waals surface area contributed by atoms with Gasteiger partial charge in [0.2, 0.25) is 0 Å². The van der Waals surface area contributed by atoms with Crippen LogP contribution in [0.5, 0.6) is 0 Å². The summed E-state index contributed by atoms with van der Waals surface area (Å²) < 4.78 is 65.9. The molecule has 3 aliphatic heterocycles. The van der Waals surface area contributed by atoms with Crippen LogP contribution in [-0.2, 0) is 14.3 Å². The SMILES string of the molecule is COC(=O)C1=C(CN2CC(F)(F)[C@H]3[C@@H]2CCN3[C@H]2CC[C@H](C(=O)O)CC2)NC(c2nccs2)=N[C@H]1c1cccc(F)c1F. The second kappa shape index (κ2) is 11.6. The number of methoxy groups -OCH3 is 1. The number of amidine groups is 1. The van der Waals surface area contributed by atoms with E-state index >= 15 is 13.2 Å². The molecule has 0 unspecified atom stereocenters. The summed E-state index contributed by atoms with van der Waals surface area (Å²) in [6.45, 7) is -0.229. The molecule has 1 aromatic carbocycles. The van der Waals surface area contributed by atoms with E-state index in [2.05, 4.69) is 15.3 Å². The predicted octanol–water partition coefficient (Wildman–Crippen LogP) is 3.98. The molecule has 9 nitrogen and oxygen atoms in total. The maximum Gasteiger partial charge on any atom is 0.338 e. The maximum absolute atomic E-state index is 15.7. The third kappa shape index (κ3) is 5.44. The van der Waals surface area contributed by atoms with Crippen molar-refractivity contribution in [2.45, 2.75) is 62.2 Å². The lowest BCUT2D eigenvalue weighted by Gasteiger charge is -2.38. The largest absolute Gasteiger partial charge is 0.481 e. The molecular weight excluding hydrogens is 590 g/mol. The predicted molar refractivity (Wildman–Crippen MR) is 149 cm³/mol. The summed E-state index contributed by atoms with van der Waals surface area (Å²) in [6.07, 6.45) is 4.02. The zero-order valence-electron chi connectivity index (χ0n) is 23.3. The van der Waals surface area contributed by atoms with Crippen molar-refractivity contribution < 1.29 is 37.0 Å². The van der Waals surface area contributed by atoms with Gasteiger partial charge in [-0.05, 0) is 38.2 Å². The Morgan fingerprint density at radius 1 is 1.19 bits per heavy atom. The van der Waals surface area contributed by atoms with Gasteiger partial charge in [0.15, 0.2) is 22.5 Å². The summed E-state index contributed by atoms with van der Waals surface area (Å²) in [7, 11) is 1.15. The number of rotatable bonds is 7. The quantitative estimate of drug-likeness (QED) is 0.354. The van der Waals surface area contributed by atoms with Crippen molar-refractivity contribution in [1.82, 2.24) is 20.1 Å². The zero-order chi connectivity index (χ0) is 30.5. The first-order chi connectivity index (χ1) is 20.6. The number of likely N-dealkylation sites (tertiary alicyclic amines) is 2. The first kappa shape index (κ1) is 29.7. The number of alkyl halides is 2. The summed E-state index contributed by atoms with van der Waals surface area (Å²) in [5.41, 5.74) is -0.0828. The minimum Gasteiger partial charge on any atom is -0.481 e. The minimum atomic E-state index is -3.06. The van der Waals surface area contributed by atoms with Crippen molar-refractivity contribution in [3.63, 3.8) is 0 Å². The van der Waals surface area contributed by atoms with Crippen molar-refractivity contribution in [1.29, 1.82) is 0 Å². The lowest BCUT2D eigenvalue weighted by Crippen LogP contribution is -2.50. The topological polar surface area (TPSA) is 107 Å². The molecule has 0 bridgehead atoms. The molecule has 6 rings (SSSR count). The Labute approximate surface area is 249 Å². The van der Waals surface area contributed by atoms with E-state index in [1.54, 1.807) is 16.5 Å². The molecule has 2 saturated heterocycles. The van der Waals surface area contributed by atoms with Crippen LogP contribution in [0.15, 0.2) is 46.0 Å². The molecule has 4 heterocycles. The third-order valence-electron chi connectivity index (χ3n) is 9.04. The Bertz CT molecular complexity index is 1460. The van der Waals surface area contributed by atoms with Gasteiger partial charge in [0, 0.05) is 48.0 Å². The fraction of sp³-hybridized carbons (Fsp3) is 0.517. The second-order valence-electron chi connectivity index (χ2n) is 11.4. The molecule has 1 aliphatic carbocycles. The molecule has 0 amide bonds. The minimum absolute atomic E-state index is 0.0964. The van der Waals surface area contributed by atoms with Gasteiger partial charge in [-0.2, -0.15) is 0 Å². The number of aliphatic imine (C=N–C) groups is 1. The van der Waals surface area contributed by atoms with Gasteiger partial charge in [0.1, 0.15) is 6.04 Å². The summed E-state index contributed by atoms with van der Waals surface area (Å²) in [5.74, 6) is -7.28. The number of aromatic nitrogens is 1. The lowest BCUT2D eigenvalue weighted by molar-refractivity contribution is -0.143. The summed E-state index contributed by atoms with van der Waals surface area (Å²) >= 11 is 1.24. The van der Waals surface area contributed by atoms with E-state index in [1.165, 1.54) is 23.5 Å². The molecule has 4 aliphatic rings. The van der Waals surface area contributed by atoms with Gasteiger partial charge >= 0.3 is 11.9 Å². The molecule has 1 aromatic heterocycles. The van der Waals surface area contributed by atoms with E-state index in [0.717, 1.165) is 13.2 Å². The van der Waals surface area contributed by atoms with Crippen molar-refractivity contribution in [3.05, 3.63) is 63.3 Å². The number of carbonyl (C=O) groups excluding carboxylic acids is 1. The Hall–Kier alpha value is -3.36. The van der Waals surface area contributed by atoms with Crippen LogP contribution in [0.3, 0.4) is 0 Å². The number of benzene rings is 1. The number of nitrogens with one attached hydrogen (secondary N) is 1. The van der Waals surface area contributed by atoms with E-state index in [1.807, 2.05) is 4.90 Å². The summed E-state index contributed by atoms with van der Waals surface area (Å²) in [4.78, 5) is 36.9. The van der Waals surface area contributed by atoms with Crippen LogP contribution >= 0.6 is 11.3 Å². The highest BCUT2D eigenvalue weighted by Crippen LogP contribution is 2.45. The number of aliphatic carboxylic acids is 1. The summed E-state index contributed by atoms with van der Waals surface area (Å²) in [6, 6.07) is 0.567. The van der Waals surface area contributed by atoms with E-state index in [0.29, 0.717) is 43.7 Å². The molecule has 3 atom stereocenters. The van der Waals surface area contributed by atoms with E-state index in [-0.39, 0.29) is 35.3 Å². The molecule has 2 aromatic rings. The monoisotopic (exact) mass is 621 g/mol. The van der Waals surface area contributed by atoms with Crippen LogP contribution in [-0.4, -0.2) is 88.5 Å². The summed E-state index contributed by atoms with van der Waals surface area (Å²) in [5, 5.41) is 14.6. The number of hydrogen-bond acceptors (Lipinski definition) is 9. The van der Waals surface area contributed by atoms with Crippen molar-refractivity contribution >= 4 is 29.1 Å². The van der Waals surface area contributed by atoms with Crippen molar-refractivity contribution in [2.75, 3.05) is 26.7 Å². The van der Waals surface area contributed by atoms with Gasteiger partial charge < -0.3 is 15.2 Å². The van der Waals surface area contributed by atoms with E-state index < -0.39 is 60.1 Å². The molecule has 1 saturated carbocycles. The number of esters is 1. The molecule has 3 fully saturated rings. The second-order valence-corrected chi connectivity index (χ2v) is 12.3. The van der Waals surface area contributed by atoms with Crippen LogP contribution in [0, 0.1) is 17.6 Å². The number of halogens is 4. The van der Waals surface area contributed by atoms with Crippen molar-refractivity contribution in [3.8, 4) is 0 Å². The maximum atomic E-state index is 15.7. The number of thiazole rings is 1. The smallest absolute Gasteiger partial charge is 0.338 e. The van der Waals surface area contributed by atoms with Crippen LogP contribution in [0.2, 0.25) is 0 Å². The average Bonchev–Trinajstić information content (AvgIpc) is 3.73. The Morgan fingerprint density at radius 3 is 2.63 bits per heavy atom. The number of carboxylic acids is 1. The van der Waals surface area contributed by atoms with Crippen LogP contribution in [0.4, 0.5) is 17.6 Å². The zero-order valence-corrected chi connectivity index (χ0v) is 24.1. The Balaban J connectivity index is 1.33. The number of fused-ring (bicyclic) bond motifs is 1. The molecular formula is C29H31F4N5O4S. The van der Waals surface area contributed by atoms with Crippen LogP contribution < -0.4 is 5.32 Å². The number of carbonyl (C=O) groups is 2. The van der Waals surface area contributed by atoms with Crippen LogP contribution in [0.25, 0.3) is 0 Å². The fourth-order valence-electron chi connectivity index (χ4n) is 7.10. The Kier molecular flexibility index (Phi) is 8.03. The Morgan fingerprint density at radius 2 is 1.95 bits per heavy atom. The third-order valence-corrected chi connectivity index (χ3v) is 9.82. The van der Waals surface area contributed by atoms with Crippen molar-refractivity contribution in [2.24, 2.45) is 10.9 Å². The molecule has 2 N–H and O–H groups in total. The van der Waals surface area contributed by atoms with Gasteiger partial charge in [0.25, 0.3) is 5.92 Å². The number of hydrogen-bond donors (Lipinski definition) is 2. The highest BCUT2D eigenvalue weighted by atomic mass is 32.1. The molecule has 43 heavy (non-hydrogen) atoms. The molecule has 0 radical (unpaired) electrons. The van der Waals surface area contributed by atoms with Gasteiger partial charge in [-0.15, -0.1) is 11.3 Å². The highest BCUT2D eigenvalue weighted by Gasteiger charge is 2.60. The molecule has 0 spiro atoms. The fourth-order valence-corrected chi connectivity index (χ4v) is 7.69. The van der Waals surface area contributed by atoms with Gasteiger partial charge in [0.05, 0.1) is 31.2 Å². The molecule has 230 valence electrons. The van der Waals surface area contributed by atoms with Gasteiger partial charge in [-0.1, -0.05) is 12.1 Å². The van der Waals surface area contributed by atoms with E-state index in [4.69, 9.17) is 4.74 Å². The number of nitrogens with zero attached hydrogens (tertiary/aromatic N) is 4. The highest BCUT2D eigenvalue weighted by molar-refractivity contribution is 7.11.